The van der Waals surface area contributed by atoms with Gasteiger partial charge in [0.05, 0.1) is 16.9 Å². The Balaban J connectivity index is 1.78. The Morgan fingerprint density at radius 3 is 2.84 bits per heavy atom. The number of hydrogen-bond acceptors (Lipinski definition) is 5. The van der Waals surface area contributed by atoms with E-state index in [1.165, 1.54) is 0 Å². The SMILES string of the molecule is Cc1cc(-c2cc3cnc(NC(=O)C4CC4)cc3n2CCN)ncn1. The number of rotatable bonds is 5. The monoisotopic (exact) mass is 336 g/mol. The van der Waals surface area contributed by atoms with Crippen molar-refractivity contribution in [1.29, 1.82) is 0 Å². The number of aromatic nitrogens is 4. The second-order valence-corrected chi connectivity index (χ2v) is 6.41. The molecule has 0 saturated heterocycles. The molecule has 0 radical (unpaired) electrons. The van der Waals surface area contributed by atoms with Gasteiger partial charge >= 0.3 is 0 Å². The lowest BCUT2D eigenvalue weighted by molar-refractivity contribution is -0.117. The molecule has 1 saturated carbocycles. The minimum absolute atomic E-state index is 0.0513. The zero-order valence-corrected chi connectivity index (χ0v) is 14.1. The normalized spacial score (nSPS) is 14.0. The molecule has 1 aliphatic rings. The first-order chi connectivity index (χ1) is 12.2. The van der Waals surface area contributed by atoms with Crippen LogP contribution in [0.2, 0.25) is 0 Å². The molecule has 3 N–H and O–H groups in total. The number of carbonyl (C=O) groups is 1. The van der Waals surface area contributed by atoms with Crippen LogP contribution in [-0.2, 0) is 11.3 Å². The first kappa shape index (κ1) is 15.7. The lowest BCUT2D eigenvalue weighted by atomic mass is 10.2. The van der Waals surface area contributed by atoms with Gasteiger partial charge in [-0.25, -0.2) is 15.0 Å². The van der Waals surface area contributed by atoms with Crippen molar-refractivity contribution >= 4 is 22.6 Å². The minimum atomic E-state index is 0.0513. The summed E-state index contributed by atoms with van der Waals surface area (Å²) in [6, 6.07) is 5.90. The molecule has 25 heavy (non-hydrogen) atoms. The zero-order valence-electron chi connectivity index (χ0n) is 14.1. The third-order valence-corrected chi connectivity index (χ3v) is 4.40. The molecule has 1 aliphatic carbocycles. The number of hydrogen-bond donors (Lipinski definition) is 2. The van der Waals surface area contributed by atoms with E-state index in [0.717, 1.165) is 40.8 Å². The highest BCUT2D eigenvalue weighted by atomic mass is 16.2. The highest BCUT2D eigenvalue weighted by molar-refractivity contribution is 5.95. The topological polar surface area (TPSA) is 98.7 Å². The predicted octanol–water partition coefficient (Wildman–Crippen LogP) is 2.11. The summed E-state index contributed by atoms with van der Waals surface area (Å²) in [4.78, 5) is 24.9. The molecule has 0 aromatic carbocycles. The molecule has 0 unspecified atom stereocenters. The van der Waals surface area contributed by atoms with E-state index < -0.39 is 0 Å². The summed E-state index contributed by atoms with van der Waals surface area (Å²) in [5.74, 6) is 0.773. The third kappa shape index (κ3) is 3.10. The molecule has 3 aromatic rings. The molecule has 0 spiro atoms. The fourth-order valence-electron chi connectivity index (χ4n) is 2.97. The van der Waals surface area contributed by atoms with Crippen LogP contribution in [0.25, 0.3) is 22.3 Å². The van der Waals surface area contributed by atoms with Crippen molar-refractivity contribution in [3.8, 4) is 11.4 Å². The van der Waals surface area contributed by atoms with E-state index in [2.05, 4.69) is 24.8 Å². The van der Waals surface area contributed by atoms with Crippen LogP contribution >= 0.6 is 0 Å². The van der Waals surface area contributed by atoms with Crippen molar-refractivity contribution in [2.75, 3.05) is 11.9 Å². The number of fused-ring (bicyclic) bond motifs is 1. The van der Waals surface area contributed by atoms with Gasteiger partial charge in [-0.1, -0.05) is 0 Å². The van der Waals surface area contributed by atoms with Crippen molar-refractivity contribution in [1.82, 2.24) is 19.5 Å². The summed E-state index contributed by atoms with van der Waals surface area (Å²) < 4.78 is 2.12. The Kier molecular flexibility index (Phi) is 3.93. The van der Waals surface area contributed by atoms with Crippen molar-refractivity contribution in [2.45, 2.75) is 26.3 Å². The van der Waals surface area contributed by atoms with E-state index in [1.807, 2.05) is 25.1 Å². The fourth-order valence-corrected chi connectivity index (χ4v) is 2.97. The summed E-state index contributed by atoms with van der Waals surface area (Å²) in [7, 11) is 0. The Labute approximate surface area is 145 Å². The van der Waals surface area contributed by atoms with E-state index in [1.54, 1.807) is 12.5 Å². The Morgan fingerprint density at radius 2 is 2.12 bits per heavy atom. The Bertz CT molecular complexity index is 944. The Hall–Kier alpha value is -2.80. The number of amides is 1. The molecule has 3 heterocycles. The molecule has 0 aliphatic heterocycles. The van der Waals surface area contributed by atoms with E-state index in [0.29, 0.717) is 18.9 Å². The molecule has 0 atom stereocenters. The Morgan fingerprint density at radius 1 is 1.28 bits per heavy atom. The molecule has 7 nitrogen and oxygen atoms in total. The lowest BCUT2D eigenvalue weighted by Gasteiger charge is -2.10. The van der Waals surface area contributed by atoms with E-state index in [4.69, 9.17) is 5.73 Å². The summed E-state index contributed by atoms with van der Waals surface area (Å²) in [6.07, 6.45) is 5.28. The van der Waals surface area contributed by atoms with Crippen molar-refractivity contribution < 1.29 is 4.79 Å². The standard InChI is InChI=1S/C18H20N6O/c1-11-6-14(22-10-21-11)16-7-13-9-20-17(23-18(25)12-2-3-12)8-15(13)24(16)5-4-19/h6-10,12H,2-5,19H2,1H3,(H,20,23,25). The fraction of sp³-hybridized carbons (Fsp3) is 0.333. The first-order valence-corrected chi connectivity index (χ1v) is 8.45. The van der Waals surface area contributed by atoms with Crippen LogP contribution in [0.5, 0.6) is 0 Å². The van der Waals surface area contributed by atoms with Gasteiger partial charge < -0.3 is 15.6 Å². The third-order valence-electron chi connectivity index (χ3n) is 4.40. The molecular formula is C18H20N6O. The number of pyridine rings is 1. The highest BCUT2D eigenvalue weighted by Crippen LogP contribution is 2.31. The maximum absolute atomic E-state index is 12.0. The summed E-state index contributed by atoms with van der Waals surface area (Å²) in [5.41, 5.74) is 9.53. The van der Waals surface area contributed by atoms with Gasteiger partial charge in [0.25, 0.3) is 0 Å². The average molecular weight is 336 g/mol. The van der Waals surface area contributed by atoms with Gasteiger partial charge in [-0.15, -0.1) is 0 Å². The number of nitrogens with zero attached hydrogens (tertiary/aromatic N) is 4. The minimum Gasteiger partial charge on any atom is -0.338 e. The second-order valence-electron chi connectivity index (χ2n) is 6.41. The van der Waals surface area contributed by atoms with Gasteiger partial charge in [0.1, 0.15) is 12.1 Å². The molecule has 128 valence electrons. The molecule has 7 heteroatoms. The molecule has 0 bridgehead atoms. The summed E-state index contributed by atoms with van der Waals surface area (Å²) in [5, 5.41) is 3.89. The first-order valence-electron chi connectivity index (χ1n) is 8.45. The van der Waals surface area contributed by atoms with Gasteiger partial charge in [0.15, 0.2) is 0 Å². The number of aryl methyl sites for hydroxylation is 1. The molecule has 1 fully saturated rings. The number of nitrogens with two attached hydrogens (primary N) is 1. The van der Waals surface area contributed by atoms with Crippen LogP contribution < -0.4 is 11.1 Å². The molecule has 1 amide bonds. The lowest BCUT2D eigenvalue weighted by Crippen LogP contribution is -2.14. The van der Waals surface area contributed by atoms with E-state index in [-0.39, 0.29) is 11.8 Å². The number of nitrogens with one attached hydrogen (secondary N) is 1. The van der Waals surface area contributed by atoms with Gasteiger partial charge in [-0.3, -0.25) is 4.79 Å². The van der Waals surface area contributed by atoms with Crippen molar-refractivity contribution in [2.24, 2.45) is 11.7 Å². The van der Waals surface area contributed by atoms with Crippen LogP contribution in [0, 0.1) is 12.8 Å². The van der Waals surface area contributed by atoms with Crippen LogP contribution in [0.4, 0.5) is 5.82 Å². The predicted molar refractivity (Wildman–Crippen MR) is 95.9 cm³/mol. The second kappa shape index (κ2) is 6.25. The maximum Gasteiger partial charge on any atom is 0.228 e. The zero-order chi connectivity index (χ0) is 17.4. The van der Waals surface area contributed by atoms with Crippen LogP contribution in [-0.4, -0.2) is 32.0 Å². The van der Waals surface area contributed by atoms with E-state index in [9.17, 15) is 4.79 Å². The quantitative estimate of drug-likeness (QED) is 0.743. The van der Waals surface area contributed by atoms with Gasteiger partial charge in [0, 0.05) is 42.4 Å². The number of carbonyl (C=O) groups excluding carboxylic acids is 1. The summed E-state index contributed by atoms with van der Waals surface area (Å²) in [6.45, 7) is 3.10. The molecule has 4 rings (SSSR count). The van der Waals surface area contributed by atoms with Crippen LogP contribution in [0.15, 0.2) is 30.7 Å². The van der Waals surface area contributed by atoms with Gasteiger partial charge in [-0.2, -0.15) is 0 Å². The average Bonchev–Trinajstić information content (AvgIpc) is 3.39. The molecular weight excluding hydrogens is 316 g/mol. The molecule has 3 aromatic heterocycles. The number of anilines is 1. The van der Waals surface area contributed by atoms with Crippen LogP contribution in [0.3, 0.4) is 0 Å². The highest BCUT2D eigenvalue weighted by Gasteiger charge is 2.29. The van der Waals surface area contributed by atoms with Crippen molar-refractivity contribution in [3.63, 3.8) is 0 Å². The smallest absolute Gasteiger partial charge is 0.228 e. The van der Waals surface area contributed by atoms with E-state index >= 15 is 0 Å². The summed E-state index contributed by atoms with van der Waals surface area (Å²) >= 11 is 0. The maximum atomic E-state index is 12.0. The van der Waals surface area contributed by atoms with Gasteiger partial charge in [0.2, 0.25) is 5.91 Å². The van der Waals surface area contributed by atoms with Gasteiger partial charge in [-0.05, 0) is 31.9 Å². The largest absolute Gasteiger partial charge is 0.338 e. The van der Waals surface area contributed by atoms with Crippen molar-refractivity contribution in [3.05, 3.63) is 36.4 Å². The van der Waals surface area contributed by atoms with Crippen LogP contribution in [0.1, 0.15) is 18.5 Å².